The summed E-state index contributed by atoms with van der Waals surface area (Å²) in [7, 11) is 0. The lowest BCUT2D eigenvalue weighted by Crippen LogP contribution is -2.37. The van der Waals surface area contributed by atoms with Gasteiger partial charge in [-0.05, 0) is 42.5 Å². The van der Waals surface area contributed by atoms with Crippen LogP contribution >= 0.6 is 0 Å². The number of aryl methyl sites for hydroxylation is 1. The zero-order valence-corrected chi connectivity index (χ0v) is 13.8. The van der Waals surface area contributed by atoms with E-state index < -0.39 is 35.6 Å². The minimum Gasteiger partial charge on any atom is -0.346 e. The highest BCUT2D eigenvalue weighted by atomic mass is 19.2. The molecule has 0 bridgehead atoms. The molecule has 1 unspecified atom stereocenters. The number of hydrogen-bond acceptors (Lipinski definition) is 2. The van der Waals surface area contributed by atoms with E-state index in [9.17, 15) is 22.8 Å². The van der Waals surface area contributed by atoms with Gasteiger partial charge in [0.2, 0.25) is 11.8 Å². The molecule has 1 aliphatic carbocycles. The van der Waals surface area contributed by atoms with E-state index in [-0.39, 0.29) is 11.8 Å². The van der Waals surface area contributed by atoms with Crippen LogP contribution in [-0.2, 0) is 16.0 Å². The molecule has 0 aliphatic heterocycles. The lowest BCUT2D eigenvalue weighted by Gasteiger charge is -2.24. The lowest BCUT2D eigenvalue weighted by atomic mass is 9.82. The SMILES string of the molecule is O=C(CNC(=O)C1CCCc2ccccc21)Nc1ccc(F)c(F)c1F. The summed E-state index contributed by atoms with van der Waals surface area (Å²) in [5.41, 5.74) is 1.58. The molecule has 26 heavy (non-hydrogen) atoms. The van der Waals surface area contributed by atoms with E-state index in [0.29, 0.717) is 12.5 Å². The summed E-state index contributed by atoms with van der Waals surface area (Å²) in [6.45, 7) is -0.393. The van der Waals surface area contributed by atoms with E-state index >= 15 is 0 Å². The van der Waals surface area contributed by atoms with Crippen molar-refractivity contribution in [3.63, 3.8) is 0 Å². The second kappa shape index (κ2) is 7.59. The summed E-state index contributed by atoms with van der Waals surface area (Å²) in [5.74, 6) is -5.85. The van der Waals surface area contributed by atoms with Crippen LogP contribution in [0.1, 0.15) is 29.9 Å². The van der Waals surface area contributed by atoms with Gasteiger partial charge in [0.05, 0.1) is 18.2 Å². The van der Waals surface area contributed by atoms with Crippen LogP contribution in [-0.4, -0.2) is 18.4 Å². The summed E-state index contributed by atoms with van der Waals surface area (Å²) in [4.78, 5) is 24.3. The predicted octanol–water partition coefficient (Wildman–Crippen LogP) is 3.28. The molecule has 2 N–H and O–H groups in total. The first-order chi connectivity index (χ1) is 12.5. The van der Waals surface area contributed by atoms with Crippen molar-refractivity contribution in [2.24, 2.45) is 0 Å². The molecule has 0 radical (unpaired) electrons. The second-order valence-corrected chi connectivity index (χ2v) is 6.13. The molecular formula is C19H17F3N2O2. The normalized spacial score (nSPS) is 15.9. The molecule has 7 heteroatoms. The first-order valence-electron chi connectivity index (χ1n) is 8.26. The fraction of sp³-hybridized carbons (Fsp3) is 0.263. The molecule has 4 nitrogen and oxygen atoms in total. The van der Waals surface area contributed by atoms with Crippen LogP contribution in [0.2, 0.25) is 0 Å². The summed E-state index contributed by atoms with van der Waals surface area (Å²) >= 11 is 0. The monoisotopic (exact) mass is 362 g/mol. The minimum absolute atomic E-state index is 0.293. The van der Waals surface area contributed by atoms with Crippen molar-refractivity contribution in [3.05, 3.63) is 65.0 Å². The quantitative estimate of drug-likeness (QED) is 0.820. The third-order valence-corrected chi connectivity index (χ3v) is 4.42. The van der Waals surface area contributed by atoms with Gasteiger partial charge >= 0.3 is 0 Å². The zero-order valence-electron chi connectivity index (χ0n) is 13.8. The number of nitrogens with one attached hydrogen (secondary N) is 2. The fourth-order valence-electron chi connectivity index (χ4n) is 3.13. The second-order valence-electron chi connectivity index (χ2n) is 6.13. The third-order valence-electron chi connectivity index (χ3n) is 4.42. The lowest BCUT2D eigenvalue weighted by molar-refractivity contribution is -0.125. The van der Waals surface area contributed by atoms with Gasteiger partial charge in [-0.1, -0.05) is 24.3 Å². The van der Waals surface area contributed by atoms with Crippen LogP contribution in [0.3, 0.4) is 0 Å². The highest BCUT2D eigenvalue weighted by Crippen LogP contribution is 2.31. The largest absolute Gasteiger partial charge is 0.346 e. The molecule has 1 atom stereocenters. The molecule has 0 heterocycles. The van der Waals surface area contributed by atoms with Gasteiger partial charge in [0.25, 0.3) is 0 Å². The Bertz CT molecular complexity index is 855. The zero-order chi connectivity index (χ0) is 18.7. The average Bonchev–Trinajstić information content (AvgIpc) is 2.66. The van der Waals surface area contributed by atoms with Crippen LogP contribution < -0.4 is 10.6 Å². The number of amides is 2. The third kappa shape index (κ3) is 3.71. The van der Waals surface area contributed by atoms with Crippen molar-refractivity contribution in [1.29, 1.82) is 0 Å². The topological polar surface area (TPSA) is 58.2 Å². The van der Waals surface area contributed by atoms with Crippen LogP contribution in [0.15, 0.2) is 36.4 Å². The molecule has 3 rings (SSSR count). The van der Waals surface area contributed by atoms with Gasteiger partial charge in [0.15, 0.2) is 17.5 Å². The van der Waals surface area contributed by atoms with Gasteiger partial charge in [0, 0.05) is 0 Å². The van der Waals surface area contributed by atoms with Gasteiger partial charge in [-0.25, -0.2) is 13.2 Å². The fourth-order valence-corrected chi connectivity index (χ4v) is 3.13. The van der Waals surface area contributed by atoms with Crippen LogP contribution in [0.5, 0.6) is 0 Å². The van der Waals surface area contributed by atoms with Gasteiger partial charge in [0.1, 0.15) is 0 Å². The van der Waals surface area contributed by atoms with E-state index in [1.807, 2.05) is 24.3 Å². The number of benzene rings is 2. The van der Waals surface area contributed by atoms with Crippen molar-refractivity contribution in [1.82, 2.24) is 5.32 Å². The van der Waals surface area contributed by atoms with Crippen LogP contribution in [0, 0.1) is 17.5 Å². The molecule has 0 saturated carbocycles. The van der Waals surface area contributed by atoms with Gasteiger partial charge in [-0.15, -0.1) is 0 Å². The number of rotatable bonds is 4. The highest BCUT2D eigenvalue weighted by Gasteiger charge is 2.26. The molecule has 0 aromatic heterocycles. The number of anilines is 1. The maximum Gasteiger partial charge on any atom is 0.243 e. The first-order valence-corrected chi connectivity index (χ1v) is 8.26. The summed E-state index contributed by atoms with van der Waals surface area (Å²) in [5, 5.41) is 4.64. The average molecular weight is 362 g/mol. The van der Waals surface area contributed by atoms with Gasteiger partial charge in [-0.3, -0.25) is 9.59 Å². The Balaban J connectivity index is 1.60. The van der Waals surface area contributed by atoms with Crippen LogP contribution in [0.25, 0.3) is 0 Å². The van der Waals surface area contributed by atoms with E-state index in [0.717, 1.165) is 30.0 Å². The Morgan fingerprint density at radius 1 is 1.04 bits per heavy atom. The van der Waals surface area contributed by atoms with Crippen molar-refractivity contribution in [3.8, 4) is 0 Å². The van der Waals surface area contributed by atoms with Crippen molar-refractivity contribution in [2.45, 2.75) is 25.2 Å². The Labute approximate surface area is 148 Å². The molecule has 1 aliphatic rings. The Hall–Kier alpha value is -2.83. The van der Waals surface area contributed by atoms with Crippen molar-refractivity contribution < 1.29 is 22.8 Å². The standard InChI is InChI=1S/C19H17F3N2O2/c20-14-8-9-15(18(22)17(14)21)24-16(25)10-23-19(26)13-7-3-5-11-4-1-2-6-12(11)13/h1-2,4,6,8-9,13H,3,5,7,10H2,(H,23,26)(H,24,25). The Kier molecular flexibility index (Phi) is 5.25. The predicted molar refractivity (Wildman–Crippen MR) is 90.1 cm³/mol. The summed E-state index contributed by atoms with van der Waals surface area (Å²) in [6, 6.07) is 9.30. The molecule has 0 saturated heterocycles. The van der Waals surface area contributed by atoms with E-state index in [4.69, 9.17) is 0 Å². The molecule has 2 aromatic carbocycles. The highest BCUT2D eigenvalue weighted by molar-refractivity contribution is 5.95. The van der Waals surface area contributed by atoms with E-state index in [1.165, 1.54) is 0 Å². The number of carbonyl (C=O) groups is 2. The molecule has 0 spiro atoms. The van der Waals surface area contributed by atoms with Crippen molar-refractivity contribution >= 4 is 17.5 Å². The maximum absolute atomic E-state index is 13.6. The Morgan fingerprint density at radius 2 is 1.81 bits per heavy atom. The summed E-state index contributed by atoms with van der Waals surface area (Å²) < 4.78 is 39.6. The molecule has 0 fully saturated rings. The number of carbonyl (C=O) groups excluding carboxylic acids is 2. The smallest absolute Gasteiger partial charge is 0.243 e. The van der Waals surface area contributed by atoms with Gasteiger partial charge in [-0.2, -0.15) is 0 Å². The maximum atomic E-state index is 13.6. The first kappa shape index (κ1) is 18.0. The minimum atomic E-state index is -1.66. The summed E-state index contributed by atoms with van der Waals surface area (Å²) in [6.07, 6.45) is 2.47. The molecule has 2 amide bonds. The molecule has 2 aromatic rings. The van der Waals surface area contributed by atoms with E-state index in [1.54, 1.807) is 0 Å². The van der Waals surface area contributed by atoms with Crippen molar-refractivity contribution in [2.75, 3.05) is 11.9 Å². The van der Waals surface area contributed by atoms with Gasteiger partial charge < -0.3 is 10.6 Å². The number of fused-ring (bicyclic) bond motifs is 1. The molecular weight excluding hydrogens is 345 g/mol. The Morgan fingerprint density at radius 3 is 2.62 bits per heavy atom. The number of hydrogen-bond donors (Lipinski definition) is 2. The van der Waals surface area contributed by atoms with Crippen LogP contribution in [0.4, 0.5) is 18.9 Å². The number of halogens is 3. The molecule has 136 valence electrons. The van der Waals surface area contributed by atoms with E-state index in [2.05, 4.69) is 10.6 Å².